The molecule has 1 heterocycles. The van der Waals surface area contributed by atoms with Crippen molar-refractivity contribution in [3.63, 3.8) is 0 Å². The van der Waals surface area contributed by atoms with Crippen LogP contribution in [0.15, 0.2) is 47.4 Å². The van der Waals surface area contributed by atoms with E-state index in [1.54, 1.807) is 30.0 Å². The summed E-state index contributed by atoms with van der Waals surface area (Å²) in [5.41, 5.74) is 2.91. The van der Waals surface area contributed by atoms with Gasteiger partial charge < -0.3 is 25.2 Å². The van der Waals surface area contributed by atoms with E-state index in [1.165, 1.54) is 0 Å². The number of hydrogen-bond acceptors (Lipinski definition) is 7. The second-order valence-corrected chi connectivity index (χ2v) is 7.68. The Morgan fingerprint density at radius 1 is 1.04 bits per heavy atom. The molecule has 0 aliphatic carbocycles. The SMILES string of the molecule is CSc1ccc(Cc2cc([C@@H]3OC(CO)[C@@H](O)C(O)[C@H]3O)ccc2C#N)cc1. The predicted octanol–water partition coefficient (Wildman–Crippen LogP) is 1.39. The molecule has 5 atom stereocenters. The lowest BCUT2D eigenvalue weighted by Crippen LogP contribution is -2.55. The minimum atomic E-state index is -1.44. The van der Waals surface area contributed by atoms with E-state index in [9.17, 15) is 25.7 Å². The van der Waals surface area contributed by atoms with Crippen molar-refractivity contribution in [2.45, 2.75) is 41.8 Å². The first-order valence-electron chi connectivity index (χ1n) is 8.94. The summed E-state index contributed by atoms with van der Waals surface area (Å²) < 4.78 is 5.63. The van der Waals surface area contributed by atoms with Crippen molar-refractivity contribution in [3.05, 3.63) is 64.7 Å². The molecule has 7 heteroatoms. The van der Waals surface area contributed by atoms with Crippen LogP contribution < -0.4 is 0 Å². The Morgan fingerprint density at radius 3 is 2.36 bits per heavy atom. The average Bonchev–Trinajstić information content (AvgIpc) is 2.73. The highest BCUT2D eigenvalue weighted by Gasteiger charge is 2.44. The van der Waals surface area contributed by atoms with Crippen molar-refractivity contribution < 1.29 is 25.2 Å². The Bertz CT molecular complexity index is 849. The smallest absolute Gasteiger partial charge is 0.113 e. The molecule has 1 aliphatic heterocycles. The summed E-state index contributed by atoms with van der Waals surface area (Å²) in [6, 6.07) is 15.3. The van der Waals surface area contributed by atoms with E-state index < -0.39 is 37.1 Å². The fraction of sp³-hybridized carbons (Fsp3) is 0.381. The number of thioether (sulfide) groups is 1. The van der Waals surface area contributed by atoms with Gasteiger partial charge in [-0.15, -0.1) is 11.8 Å². The first kappa shape index (κ1) is 20.8. The number of nitriles is 1. The van der Waals surface area contributed by atoms with Crippen LogP contribution in [-0.4, -0.2) is 57.7 Å². The highest BCUT2D eigenvalue weighted by atomic mass is 32.2. The second-order valence-electron chi connectivity index (χ2n) is 6.80. The Hall–Kier alpha value is -1.92. The molecular formula is C21H23NO5S. The molecule has 28 heavy (non-hydrogen) atoms. The normalized spacial score (nSPS) is 27.4. The first-order valence-corrected chi connectivity index (χ1v) is 10.2. The summed E-state index contributed by atoms with van der Waals surface area (Å²) in [4.78, 5) is 1.15. The molecule has 6 nitrogen and oxygen atoms in total. The van der Waals surface area contributed by atoms with Gasteiger partial charge in [0.05, 0.1) is 18.2 Å². The highest BCUT2D eigenvalue weighted by molar-refractivity contribution is 7.98. The van der Waals surface area contributed by atoms with Crippen molar-refractivity contribution in [3.8, 4) is 6.07 Å². The molecular weight excluding hydrogens is 378 g/mol. The third-order valence-electron chi connectivity index (χ3n) is 5.02. The highest BCUT2D eigenvalue weighted by Crippen LogP contribution is 2.33. The van der Waals surface area contributed by atoms with Crippen molar-refractivity contribution in [2.75, 3.05) is 12.9 Å². The molecule has 0 radical (unpaired) electrons. The molecule has 0 spiro atoms. The maximum atomic E-state index is 10.4. The Kier molecular flexibility index (Phi) is 6.73. The number of benzene rings is 2. The van der Waals surface area contributed by atoms with Gasteiger partial charge in [0.25, 0.3) is 0 Å². The number of rotatable bonds is 5. The summed E-state index contributed by atoms with van der Waals surface area (Å²) in [6.07, 6.45) is -3.53. The van der Waals surface area contributed by atoms with Crippen LogP contribution in [0.25, 0.3) is 0 Å². The molecule has 148 valence electrons. The first-order chi connectivity index (χ1) is 13.5. The third kappa shape index (κ3) is 4.23. The summed E-state index contributed by atoms with van der Waals surface area (Å²) in [7, 11) is 0. The van der Waals surface area contributed by atoms with E-state index in [0.717, 1.165) is 16.0 Å². The maximum absolute atomic E-state index is 10.4. The Labute approximate surface area is 168 Å². The quantitative estimate of drug-likeness (QED) is 0.560. The van der Waals surface area contributed by atoms with Gasteiger partial charge in [-0.3, -0.25) is 0 Å². The van der Waals surface area contributed by atoms with Gasteiger partial charge in [-0.2, -0.15) is 5.26 Å². The van der Waals surface area contributed by atoms with Crippen LogP contribution >= 0.6 is 11.8 Å². The van der Waals surface area contributed by atoms with E-state index in [4.69, 9.17) is 4.74 Å². The van der Waals surface area contributed by atoms with Crippen LogP contribution in [0.5, 0.6) is 0 Å². The molecule has 1 aliphatic rings. The summed E-state index contributed by atoms with van der Waals surface area (Å²) in [5.74, 6) is 0. The molecule has 1 fully saturated rings. The van der Waals surface area contributed by atoms with Gasteiger partial charge >= 0.3 is 0 Å². The van der Waals surface area contributed by atoms with Gasteiger partial charge in [0.1, 0.15) is 30.5 Å². The van der Waals surface area contributed by atoms with E-state index >= 15 is 0 Å². The average molecular weight is 401 g/mol. The monoisotopic (exact) mass is 401 g/mol. The van der Waals surface area contributed by atoms with E-state index in [-0.39, 0.29) is 0 Å². The zero-order valence-corrected chi connectivity index (χ0v) is 16.2. The van der Waals surface area contributed by atoms with Crippen LogP contribution in [0.2, 0.25) is 0 Å². The van der Waals surface area contributed by atoms with Crippen LogP contribution in [0.3, 0.4) is 0 Å². The van der Waals surface area contributed by atoms with Crippen LogP contribution in [0.1, 0.15) is 28.4 Å². The maximum Gasteiger partial charge on any atom is 0.113 e. The second kappa shape index (κ2) is 9.05. The van der Waals surface area contributed by atoms with Crippen molar-refractivity contribution in [1.82, 2.24) is 0 Å². The molecule has 3 rings (SSSR count). The standard InChI is InChI=1S/C21H23NO5S/c1-28-16-6-2-12(3-7-16)8-15-9-13(4-5-14(15)10-22)21-20(26)19(25)18(24)17(11-23)27-21/h2-7,9,17-21,23-26H,8,11H2,1H3/t17?,18-,19?,20-,21+/m1/s1. The van der Waals surface area contributed by atoms with Gasteiger partial charge in [-0.1, -0.05) is 24.3 Å². The molecule has 0 bridgehead atoms. The minimum Gasteiger partial charge on any atom is -0.394 e. The fourth-order valence-corrected chi connectivity index (χ4v) is 3.79. The van der Waals surface area contributed by atoms with Gasteiger partial charge in [0.15, 0.2) is 0 Å². The number of nitrogens with zero attached hydrogens (tertiary/aromatic N) is 1. The van der Waals surface area contributed by atoms with Crippen LogP contribution in [0.4, 0.5) is 0 Å². The van der Waals surface area contributed by atoms with E-state index in [0.29, 0.717) is 17.5 Å². The Morgan fingerprint density at radius 2 is 1.75 bits per heavy atom. The Balaban J connectivity index is 1.90. The molecule has 0 amide bonds. The van der Waals surface area contributed by atoms with Crippen molar-refractivity contribution >= 4 is 11.8 Å². The van der Waals surface area contributed by atoms with Gasteiger partial charge in [-0.05, 0) is 47.6 Å². The van der Waals surface area contributed by atoms with Crippen LogP contribution in [0, 0.1) is 11.3 Å². The zero-order chi connectivity index (χ0) is 20.3. The van der Waals surface area contributed by atoms with Crippen LogP contribution in [-0.2, 0) is 11.2 Å². The van der Waals surface area contributed by atoms with Crippen molar-refractivity contribution in [1.29, 1.82) is 5.26 Å². The van der Waals surface area contributed by atoms with Crippen molar-refractivity contribution in [2.24, 2.45) is 0 Å². The van der Waals surface area contributed by atoms with E-state index in [2.05, 4.69) is 6.07 Å². The van der Waals surface area contributed by atoms with Gasteiger partial charge in [0, 0.05) is 4.90 Å². The summed E-state index contributed by atoms with van der Waals surface area (Å²) >= 11 is 1.65. The zero-order valence-electron chi connectivity index (χ0n) is 15.4. The topological polar surface area (TPSA) is 114 Å². The summed E-state index contributed by atoms with van der Waals surface area (Å²) in [6.45, 7) is -0.480. The predicted molar refractivity (Wildman–Crippen MR) is 105 cm³/mol. The fourth-order valence-electron chi connectivity index (χ4n) is 3.39. The minimum absolute atomic E-state index is 0.480. The number of aliphatic hydroxyl groups is 4. The molecule has 0 aromatic heterocycles. The lowest BCUT2D eigenvalue weighted by atomic mass is 9.89. The molecule has 2 unspecified atom stereocenters. The molecule has 1 saturated heterocycles. The molecule has 0 saturated carbocycles. The lowest BCUT2D eigenvalue weighted by Gasteiger charge is -2.40. The van der Waals surface area contributed by atoms with Gasteiger partial charge in [-0.25, -0.2) is 0 Å². The number of aliphatic hydroxyl groups excluding tert-OH is 4. The molecule has 2 aromatic carbocycles. The molecule has 4 N–H and O–H groups in total. The van der Waals surface area contributed by atoms with Gasteiger partial charge in [0.2, 0.25) is 0 Å². The number of ether oxygens (including phenoxy) is 1. The summed E-state index contributed by atoms with van der Waals surface area (Å²) in [5, 5.41) is 49.2. The lowest BCUT2D eigenvalue weighted by molar-refractivity contribution is -0.231. The number of hydrogen-bond donors (Lipinski definition) is 4. The van der Waals surface area contributed by atoms with E-state index in [1.807, 2.05) is 30.5 Å². The largest absolute Gasteiger partial charge is 0.394 e. The third-order valence-corrected chi connectivity index (χ3v) is 5.77. The molecule has 2 aromatic rings.